The molecule has 4 saturated carbocycles. The number of hydrogen-bond acceptors (Lipinski definition) is 4. The van der Waals surface area contributed by atoms with Crippen molar-refractivity contribution in [2.24, 2.45) is 23.7 Å². The summed E-state index contributed by atoms with van der Waals surface area (Å²) < 4.78 is 1.40. The fourth-order valence-corrected chi connectivity index (χ4v) is 5.88. The molecule has 4 bridgehead atoms. The predicted molar refractivity (Wildman–Crippen MR) is 85.7 cm³/mol. The third-order valence-electron chi connectivity index (χ3n) is 6.15. The Morgan fingerprint density at radius 1 is 1.39 bits per heavy atom. The van der Waals surface area contributed by atoms with Crippen LogP contribution >= 0.6 is 11.6 Å². The lowest BCUT2D eigenvalue weighted by Crippen LogP contribution is -2.63. The maximum atomic E-state index is 12.8. The molecule has 1 heterocycles. The average molecular weight is 338 g/mol. The van der Waals surface area contributed by atoms with Crippen LogP contribution in [0, 0.1) is 23.7 Å². The van der Waals surface area contributed by atoms with E-state index in [1.807, 2.05) is 0 Å². The summed E-state index contributed by atoms with van der Waals surface area (Å²) in [6.07, 6.45) is 6.06. The van der Waals surface area contributed by atoms with Gasteiger partial charge < -0.3 is 10.4 Å². The first-order valence-corrected chi connectivity index (χ1v) is 8.53. The molecule has 4 fully saturated rings. The van der Waals surface area contributed by atoms with Crippen molar-refractivity contribution >= 4 is 23.3 Å². The topological polar surface area (TPSA) is 84.2 Å². The van der Waals surface area contributed by atoms with Gasteiger partial charge in [-0.3, -0.25) is 9.59 Å². The van der Waals surface area contributed by atoms with E-state index < -0.39 is 17.4 Å². The number of carbonyl (C=O) groups is 1. The molecule has 6 nitrogen and oxygen atoms in total. The van der Waals surface area contributed by atoms with Crippen molar-refractivity contribution in [1.82, 2.24) is 9.78 Å². The second-order valence-corrected chi connectivity index (χ2v) is 7.74. The molecule has 0 amide bonds. The third kappa shape index (κ3) is 1.97. The highest BCUT2D eigenvalue weighted by atomic mass is 35.5. The predicted octanol–water partition coefficient (Wildman–Crippen LogP) is 2.17. The lowest BCUT2D eigenvalue weighted by Gasteiger charge is -2.59. The number of aromatic nitrogens is 2. The van der Waals surface area contributed by atoms with Crippen molar-refractivity contribution in [2.45, 2.75) is 37.6 Å². The summed E-state index contributed by atoms with van der Waals surface area (Å²) in [6.45, 7) is 0. The summed E-state index contributed by atoms with van der Waals surface area (Å²) in [6, 6.07) is 0. The van der Waals surface area contributed by atoms with Crippen molar-refractivity contribution < 1.29 is 9.90 Å². The molecule has 0 aromatic carbocycles. The van der Waals surface area contributed by atoms with Crippen LogP contribution in [0.25, 0.3) is 0 Å². The van der Waals surface area contributed by atoms with Crippen LogP contribution < -0.4 is 10.9 Å². The Kier molecular flexibility index (Phi) is 3.24. The summed E-state index contributed by atoms with van der Waals surface area (Å²) in [7, 11) is 1.68. The summed E-state index contributed by atoms with van der Waals surface area (Å²) in [4.78, 5) is 24.8. The van der Waals surface area contributed by atoms with Gasteiger partial charge >= 0.3 is 5.97 Å². The van der Waals surface area contributed by atoms with Gasteiger partial charge in [-0.2, -0.15) is 5.10 Å². The minimum Gasteiger partial charge on any atom is -0.481 e. The van der Waals surface area contributed by atoms with E-state index in [0.29, 0.717) is 17.5 Å². The number of aliphatic carboxylic acids is 1. The summed E-state index contributed by atoms with van der Waals surface area (Å²) >= 11 is 6.18. The van der Waals surface area contributed by atoms with Gasteiger partial charge in [0.25, 0.3) is 5.56 Å². The molecule has 4 aliphatic carbocycles. The van der Waals surface area contributed by atoms with Gasteiger partial charge in [-0.05, 0) is 49.9 Å². The van der Waals surface area contributed by atoms with Gasteiger partial charge in [0.1, 0.15) is 5.02 Å². The number of hydrogen-bond donors (Lipinski definition) is 2. The zero-order chi connectivity index (χ0) is 16.4. The van der Waals surface area contributed by atoms with E-state index in [1.54, 1.807) is 7.05 Å². The second-order valence-electron chi connectivity index (χ2n) is 7.37. The van der Waals surface area contributed by atoms with Gasteiger partial charge in [0.05, 0.1) is 23.3 Å². The van der Waals surface area contributed by atoms with E-state index in [-0.39, 0.29) is 16.5 Å². The first-order valence-electron chi connectivity index (χ1n) is 8.15. The maximum Gasteiger partial charge on any atom is 0.309 e. The van der Waals surface area contributed by atoms with Crippen molar-refractivity contribution in [1.29, 1.82) is 0 Å². The molecule has 1 aromatic heterocycles. The molecule has 7 heteroatoms. The Morgan fingerprint density at radius 3 is 2.61 bits per heavy atom. The fraction of sp³-hybridized carbons (Fsp3) is 0.688. The third-order valence-corrected chi connectivity index (χ3v) is 6.51. The van der Waals surface area contributed by atoms with Gasteiger partial charge in [-0.15, -0.1) is 0 Å². The standard InChI is InChI=1S/C16H20ClN3O3/c1-18-11-7-19-20(14(21)13(11)17)16-5-8-2-9(6-16)4-10(3-8)12(16)15(22)23/h7-10,12,18H,2-6H2,1H3,(H,22,23)/t8-,9+,10?,12-,16?/m1/s1. The Bertz CT molecular complexity index is 718. The van der Waals surface area contributed by atoms with Gasteiger partial charge in [0.15, 0.2) is 0 Å². The van der Waals surface area contributed by atoms with E-state index in [0.717, 1.165) is 32.1 Å². The maximum absolute atomic E-state index is 12.8. The van der Waals surface area contributed by atoms with Crippen LogP contribution in [0.5, 0.6) is 0 Å². The minimum atomic E-state index is -0.809. The molecular formula is C16H20ClN3O3. The average Bonchev–Trinajstić information content (AvgIpc) is 2.48. The molecule has 2 N–H and O–H groups in total. The Morgan fingerprint density at radius 2 is 2.04 bits per heavy atom. The number of rotatable bonds is 3. The molecular weight excluding hydrogens is 318 g/mol. The molecule has 4 aliphatic rings. The van der Waals surface area contributed by atoms with Crippen LogP contribution in [0.15, 0.2) is 11.0 Å². The quantitative estimate of drug-likeness (QED) is 0.883. The number of nitrogens with zero attached hydrogens (tertiary/aromatic N) is 2. The summed E-state index contributed by atoms with van der Waals surface area (Å²) in [5.74, 6) is -0.206. The fourth-order valence-electron chi connectivity index (χ4n) is 5.66. The van der Waals surface area contributed by atoms with Crippen LogP contribution in [0.1, 0.15) is 32.1 Å². The zero-order valence-corrected chi connectivity index (χ0v) is 13.7. The van der Waals surface area contributed by atoms with Crippen LogP contribution in [-0.2, 0) is 10.3 Å². The largest absolute Gasteiger partial charge is 0.481 e. The van der Waals surface area contributed by atoms with E-state index in [2.05, 4.69) is 10.4 Å². The molecule has 23 heavy (non-hydrogen) atoms. The molecule has 5 rings (SSSR count). The SMILES string of the molecule is CNc1cnn(C23C[C@@H]4CC(C[C@@H](C4)C2)[C@@H]3C(=O)O)c(=O)c1Cl. The number of carboxylic acid groups (broad SMARTS) is 1. The highest BCUT2D eigenvalue weighted by molar-refractivity contribution is 6.32. The molecule has 0 saturated heterocycles. The minimum absolute atomic E-state index is 0.0855. The van der Waals surface area contributed by atoms with Crippen molar-refractivity contribution in [3.05, 3.63) is 21.6 Å². The Balaban J connectivity index is 1.90. The normalized spacial score (nSPS) is 37.8. The molecule has 0 radical (unpaired) electrons. The number of nitrogens with one attached hydrogen (secondary N) is 1. The second kappa shape index (κ2) is 4.97. The highest BCUT2D eigenvalue weighted by Gasteiger charge is 2.61. The molecule has 0 spiro atoms. The lowest BCUT2D eigenvalue weighted by atomic mass is 9.48. The van der Waals surface area contributed by atoms with Crippen molar-refractivity contribution in [2.75, 3.05) is 12.4 Å². The number of carboxylic acids is 1. The monoisotopic (exact) mass is 337 g/mol. The first-order chi connectivity index (χ1) is 11.0. The van der Waals surface area contributed by atoms with Crippen LogP contribution in [-0.4, -0.2) is 27.9 Å². The van der Waals surface area contributed by atoms with Crippen LogP contribution in [0.2, 0.25) is 5.02 Å². The van der Waals surface area contributed by atoms with Gasteiger partial charge in [-0.25, -0.2) is 4.68 Å². The summed E-state index contributed by atoms with van der Waals surface area (Å²) in [5.41, 5.74) is -0.621. The van der Waals surface area contributed by atoms with E-state index in [4.69, 9.17) is 11.6 Å². The highest BCUT2D eigenvalue weighted by Crippen LogP contribution is 2.61. The smallest absolute Gasteiger partial charge is 0.309 e. The zero-order valence-electron chi connectivity index (χ0n) is 13.0. The van der Waals surface area contributed by atoms with E-state index >= 15 is 0 Å². The molecule has 0 aliphatic heterocycles. The van der Waals surface area contributed by atoms with Gasteiger partial charge in [0.2, 0.25) is 0 Å². The number of anilines is 1. The van der Waals surface area contributed by atoms with Gasteiger partial charge in [0, 0.05) is 7.05 Å². The summed E-state index contributed by atoms with van der Waals surface area (Å²) in [5, 5.41) is 17.1. The molecule has 2 unspecified atom stereocenters. The Hall–Kier alpha value is -1.56. The molecule has 1 aromatic rings. The molecule has 5 atom stereocenters. The van der Waals surface area contributed by atoms with E-state index in [1.165, 1.54) is 10.9 Å². The van der Waals surface area contributed by atoms with Crippen LogP contribution in [0.3, 0.4) is 0 Å². The first kappa shape index (κ1) is 15.0. The lowest BCUT2D eigenvalue weighted by molar-refractivity contribution is -0.168. The van der Waals surface area contributed by atoms with Crippen molar-refractivity contribution in [3.63, 3.8) is 0 Å². The Labute approximate surface area is 138 Å². The number of halogens is 1. The van der Waals surface area contributed by atoms with Gasteiger partial charge in [-0.1, -0.05) is 11.6 Å². The van der Waals surface area contributed by atoms with E-state index in [9.17, 15) is 14.7 Å². The van der Waals surface area contributed by atoms with Crippen LogP contribution in [0.4, 0.5) is 5.69 Å². The van der Waals surface area contributed by atoms with Crippen molar-refractivity contribution in [3.8, 4) is 0 Å². The molecule has 124 valence electrons.